The first-order chi connectivity index (χ1) is 9.24. The quantitative estimate of drug-likeness (QED) is 0.869. The van der Waals surface area contributed by atoms with Gasteiger partial charge < -0.3 is 11.1 Å². The topological polar surface area (TPSA) is 68.0 Å². The van der Waals surface area contributed by atoms with Gasteiger partial charge in [0, 0.05) is 17.8 Å². The number of carbonyl (C=O) groups excluding carboxylic acids is 1. The number of nitrogens with one attached hydrogen (secondary N) is 1. The molecule has 1 atom stereocenters. The monoisotopic (exact) mass is 277 g/mol. The fourth-order valence-electron chi connectivity index (χ4n) is 1.78. The molecule has 3 N–H and O–H groups in total. The van der Waals surface area contributed by atoms with Gasteiger partial charge in [-0.1, -0.05) is 41.0 Å². The molecule has 0 aliphatic rings. The summed E-state index contributed by atoms with van der Waals surface area (Å²) in [4.78, 5) is 16.4. The van der Waals surface area contributed by atoms with Gasteiger partial charge in [-0.25, -0.2) is 4.98 Å². The lowest BCUT2D eigenvalue weighted by atomic mass is 9.82. The van der Waals surface area contributed by atoms with E-state index in [9.17, 15) is 4.79 Å². The van der Waals surface area contributed by atoms with E-state index in [4.69, 9.17) is 5.73 Å². The largest absolute Gasteiger partial charge is 0.384 e. The van der Waals surface area contributed by atoms with Crippen LogP contribution in [-0.4, -0.2) is 17.4 Å². The highest BCUT2D eigenvalue weighted by Gasteiger charge is 2.20. The first-order valence-electron chi connectivity index (χ1n) is 7.28. The maximum absolute atomic E-state index is 12.2. The molecule has 0 fully saturated rings. The Labute approximate surface area is 122 Å². The molecule has 20 heavy (non-hydrogen) atoms. The zero-order valence-corrected chi connectivity index (χ0v) is 13.3. The van der Waals surface area contributed by atoms with Crippen LogP contribution in [0.15, 0.2) is 12.1 Å². The molecule has 0 radical (unpaired) electrons. The van der Waals surface area contributed by atoms with E-state index in [0.717, 1.165) is 18.5 Å². The molecule has 0 aliphatic heterocycles. The molecule has 4 heteroatoms. The number of anilines is 1. The standard InChI is InChI=1S/C16H27N3O/c1-6-7-13-8-12(9-14(17)19-13)15(20)18-10-11(2)16(3,4)5/h8-9,11H,6-7,10H2,1-5H3,(H2,17,19)(H,18,20). The minimum Gasteiger partial charge on any atom is -0.384 e. The molecule has 112 valence electrons. The number of hydrogen-bond donors (Lipinski definition) is 2. The van der Waals surface area contributed by atoms with Crippen molar-refractivity contribution in [2.75, 3.05) is 12.3 Å². The highest BCUT2D eigenvalue weighted by molar-refractivity contribution is 5.94. The number of nitrogens with two attached hydrogens (primary N) is 1. The summed E-state index contributed by atoms with van der Waals surface area (Å²) in [5.41, 5.74) is 7.42. The number of aryl methyl sites for hydroxylation is 1. The molecular weight excluding hydrogens is 250 g/mol. The second-order valence-corrected chi connectivity index (χ2v) is 6.50. The van der Waals surface area contributed by atoms with Gasteiger partial charge in [0.05, 0.1) is 0 Å². The maximum Gasteiger partial charge on any atom is 0.251 e. The Bertz CT molecular complexity index is 463. The molecule has 0 saturated carbocycles. The molecule has 0 aromatic carbocycles. The van der Waals surface area contributed by atoms with Crippen molar-refractivity contribution >= 4 is 11.7 Å². The Morgan fingerprint density at radius 3 is 2.60 bits per heavy atom. The highest BCUT2D eigenvalue weighted by atomic mass is 16.1. The van der Waals surface area contributed by atoms with Crippen LogP contribution in [0.5, 0.6) is 0 Å². The molecule has 1 aromatic heterocycles. The summed E-state index contributed by atoms with van der Waals surface area (Å²) >= 11 is 0. The number of aromatic nitrogens is 1. The number of hydrogen-bond acceptors (Lipinski definition) is 3. The predicted octanol–water partition coefficient (Wildman–Crippen LogP) is 3.03. The molecule has 0 bridgehead atoms. The third-order valence-electron chi connectivity index (χ3n) is 3.71. The first kappa shape index (κ1) is 16.5. The fourth-order valence-corrected chi connectivity index (χ4v) is 1.78. The van der Waals surface area contributed by atoms with Crippen molar-refractivity contribution in [1.29, 1.82) is 0 Å². The average molecular weight is 277 g/mol. The molecule has 1 heterocycles. The van der Waals surface area contributed by atoms with Crippen molar-refractivity contribution in [2.24, 2.45) is 11.3 Å². The number of amides is 1. The Morgan fingerprint density at radius 1 is 1.40 bits per heavy atom. The molecule has 1 rings (SSSR count). The maximum atomic E-state index is 12.2. The van der Waals surface area contributed by atoms with Crippen molar-refractivity contribution in [2.45, 2.75) is 47.5 Å². The number of nitrogen functional groups attached to an aromatic ring is 1. The minimum atomic E-state index is -0.0763. The van der Waals surface area contributed by atoms with E-state index in [1.807, 2.05) is 6.07 Å². The number of nitrogens with zero attached hydrogens (tertiary/aromatic N) is 1. The fraction of sp³-hybridized carbons (Fsp3) is 0.625. The zero-order valence-electron chi connectivity index (χ0n) is 13.3. The molecule has 4 nitrogen and oxygen atoms in total. The highest BCUT2D eigenvalue weighted by Crippen LogP contribution is 2.24. The molecule has 1 unspecified atom stereocenters. The third kappa shape index (κ3) is 4.83. The summed E-state index contributed by atoms with van der Waals surface area (Å²) in [6.45, 7) is 11.4. The van der Waals surface area contributed by atoms with Crippen LogP contribution >= 0.6 is 0 Å². The molecule has 1 aromatic rings. The van der Waals surface area contributed by atoms with E-state index in [1.54, 1.807) is 6.07 Å². The lowest BCUT2D eigenvalue weighted by Gasteiger charge is -2.27. The van der Waals surface area contributed by atoms with Crippen molar-refractivity contribution in [3.05, 3.63) is 23.4 Å². The van der Waals surface area contributed by atoms with E-state index in [1.165, 1.54) is 0 Å². The molecule has 0 spiro atoms. The van der Waals surface area contributed by atoms with Gasteiger partial charge >= 0.3 is 0 Å². The summed E-state index contributed by atoms with van der Waals surface area (Å²) in [6.07, 6.45) is 1.82. The summed E-state index contributed by atoms with van der Waals surface area (Å²) in [6, 6.07) is 3.47. The number of carbonyl (C=O) groups is 1. The normalized spacial score (nSPS) is 13.1. The van der Waals surface area contributed by atoms with E-state index < -0.39 is 0 Å². The predicted molar refractivity (Wildman–Crippen MR) is 83.6 cm³/mol. The molecule has 0 saturated heterocycles. The smallest absolute Gasteiger partial charge is 0.251 e. The van der Waals surface area contributed by atoms with Crippen LogP contribution in [0, 0.1) is 11.3 Å². The van der Waals surface area contributed by atoms with Gasteiger partial charge in [0.1, 0.15) is 5.82 Å². The second-order valence-electron chi connectivity index (χ2n) is 6.50. The van der Waals surface area contributed by atoms with Crippen molar-refractivity contribution in [3.63, 3.8) is 0 Å². The van der Waals surface area contributed by atoms with Crippen LogP contribution in [0.25, 0.3) is 0 Å². The van der Waals surface area contributed by atoms with Crippen LogP contribution in [0.1, 0.15) is 57.1 Å². The number of pyridine rings is 1. The SMILES string of the molecule is CCCc1cc(C(=O)NCC(C)C(C)(C)C)cc(N)n1. The van der Waals surface area contributed by atoms with Gasteiger partial charge in [-0.15, -0.1) is 0 Å². The lowest BCUT2D eigenvalue weighted by Crippen LogP contribution is -2.33. The second kappa shape index (κ2) is 6.73. The third-order valence-corrected chi connectivity index (χ3v) is 3.71. The van der Waals surface area contributed by atoms with Crippen molar-refractivity contribution < 1.29 is 4.79 Å². The number of rotatable bonds is 5. The summed E-state index contributed by atoms with van der Waals surface area (Å²) in [5.74, 6) is 0.735. The average Bonchev–Trinajstić information content (AvgIpc) is 2.34. The molecule has 1 amide bonds. The van der Waals surface area contributed by atoms with E-state index in [2.05, 4.69) is 44.9 Å². The van der Waals surface area contributed by atoms with Gasteiger partial charge in [-0.2, -0.15) is 0 Å². The Hall–Kier alpha value is -1.58. The van der Waals surface area contributed by atoms with Gasteiger partial charge in [0.2, 0.25) is 0 Å². The molecular formula is C16H27N3O. The minimum absolute atomic E-state index is 0.0763. The zero-order chi connectivity index (χ0) is 15.3. The lowest BCUT2D eigenvalue weighted by molar-refractivity contribution is 0.0937. The summed E-state index contributed by atoms with van der Waals surface area (Å²) in [7, 11) is 0. The van der Waals surface area contributed by atoms with Crippen LogP contribution in [0.2, 0.25) is 0 Å². The van der Waals surface area contributed by atoms with Gasteiger partial charge in [-0.3, -0.25) is 4.79 Å². The Morgan fingerprint density at radius 2 is 2.05 bits per heavy atom. The summed E-state index contributed by atoms with van der Waals surface area (Å²) < 4.78 is 0. The Balaban J connectivity index is 2.72. The van der Waals surface area contributed by atoms with Crippen LogP contribution in [-0.2, 0) is 6.42 Å². The van der Waals surface area contributed by atoms with Crippen LogP contribution < -0.4 is 11.1 Å². The van der Waals surface area contributed by atoms with E-state index in [0.29, 0.717) is 23.8 Å². The van der Waals surface area contributed by atoms with Crippen LogP contribution in [0.4, 0.5) is 5.82 Å². The Kier molecular flexibility index (Phi) is 5.54. The van der Waals surface area contributed by atoms with E-state index in [-0.39, 0.29) is 11.3 Å². The van der Waals surface area contributed by atoms with Gasteiger partial charge in [-0.05, 0) is 29.9 Å². The van der Waals surface area contributed by atoms with Crippen molar-refractivity contribution in [1.82, 2.24) is 10.3 Å². The van der Waals surface area contributed by atoms with E-state index >= 15 is 0 Å². The van der Waals surface area contributed by atoms with Crippen LogP contribution in [0.3, 0.4) is 0 Å². The van der Waals surface area contributed by atoms with Gasteiger partial charge in [0.15, 0.2) is 0 Å². The first-order valence-corrected chi connectivity index (χ1v) is 7.28. The summed E-state index contributed by atoms with van der Waals surface area (Å²) in [5, 5.41) is 2.98. The molecule has 0 aliphatic carbocycles. The van der Waals surface area contributed by atoms with Crippen molar-refractivity contribution in [3.8, 4) is 0 Å². The van der Waals surface area contributed by atoms with Gasteiger partial charge in [0.25, 0.3) is 5.91 Å².